The molecule has 0 aliphatic carbocycles. The summed E-state index contributed by atoms with van der Waals surface area (Å²) in [6.07, 6.45) is 1.48. The van der Waals surface area contributed by atoms with Crippen LogP contribution >= 0.6 is 0 Å². The molecule has 0 bridgehead atoms. The van der Waals surface area contributed by atoms with Gasteiger partial charge in [0, 0.05) is 11.8 Å². The summed E-state index contributed by atoms with van der Waals surface area (Å²) in [5.74, 6) is 0.0178. The van der Waals surface area contributed by atoms with Gasteiger partial charge in [0.15, 0.2) is 11.1 Å². The van der Waals surface area contributed by atoms with Crippen LogP contribution in [0.1, 0.15) is 31.9 Å². The number of nitrogens with zero attached hydrogens (tertiary/aromatic N) is 1. The van der Waals surface area contributed by atoms with E-state index in [0.717, 1.165) is 5.69 Å². The highest BCUT2D eigenvalue weighted by molar-refractivity contribution is 7.79. The molecule has 2 rings (SSSR count). The lowest BCUT2D eigenvalue weighted by molar-refractivity contribution is 0.474. The Morgan fingerprint density at radius 1 is 1.09 bits per heavy atom. The highest BCUT2D eigenvalue weighted by Crippen LogP contribution is 2.25. The summed E-state index contributed by atoms with van der Waals surface area (Å²) in [5, 5.41) is 9.77. The number of hydrogen-bond acceptors (Lipinski definition) is 3. The van der Waals surface area contributed by atoms with E-state index < -0.39 is 11.1 Å². The van der Waals surface area contributed by atoms with Crippen molar-refractivity contribution < 1.29 is 13.9 Å². The van der Waals surface area contributed by atoms with Crippen molar-refractivity contribution in [3.63, 3.8) is 0 Å². The minimum Gasteiger partial charge on any atom is -0.507 e. The van der Waals surface area contributed by atoms with E-state index in [-0.39, 0.29) is 16.1 Å². The Hall–Kier alpha value is -1.98. The highest BCUT2D eigenvalue weighted by atomic mass is 32.2. The molecule has 2 N–H and O–H groups in total. The fourth-order valence-electron chi connectivity index (χ4n) is 1.94. The minimum absolute atomic E-state index is 0.0178. The van der Waals surface area contributed by atoms with Crippen LogP contribution in [0.25, 0.3) is 0 Å². The molecule has 2 aromatic rings. The molecule has 0 radical (unpaired) electrons. The topological polar surface area (TPSA) is 69.9 Å². The van der Waals surface area contributed by atoms with E-state index in [1.807, 2.05) is 24.3 Å². The summed E-state index contributed by atoms with van der Waals surface area (Å²) in [7, 11) is 0. The third-order valence-electron chi connectivity index (χ3n) is 3.29. The molecule has 0 spiro atoms. The molecule has 2 aromatic carbocycles. The number of rotatable bonds is 3. The van der Waals surface area contributed by atoms with Crippen molar-refractivity contribution in [3.8, 4) is 5.75 Å². The van der Waals surface area contributed by atoms with Gasteiger partial charge < -0.3 is 9.66 Å². The van der Waals surface area contributed by atoms with Gasteiger partial charge in [0.05, 0.1) is 10.6 Å². The number of aliphatic imine (C=N–C) groups is 1. The minimum atomic E-state index is -2.08. The SMILES string of the molecule is CC(C)(C)c1ccc(N=Cc2cc(S(=O)O)ccc2O)cc1. The normalized spacial score (nSPS) is 13.5. The van der Waals surface area contributed by atoms with Gasteiger partial charge in [-0.1, -0.05) is 32.9 Å². The lowest BCUT2D eigenvalue weighted by Crippen LogP contribution is -2.10. The Bertz CT molecular complexity index is 716. The van der Waals surface area contributed by atoms with Gasteiger partial charge in [-0.2, -0.15) is 0 Å². The third kappa shape index (κ3) is 4.02. The Morgan fingerprint density at radius 2 is 1.73 bits per heavy atom. The molecule has 4 nitrogen and oxygen atoms in total. The maximum absolute atomic E-state index is 11.1. The fraction of sp³-hybridized carbons (Fsp3) is 0.235. The molecular weight excluding hydrogens is 298 g/mol. The quantitative estimate of drug-likeness (QED) is 0.663. The first kappa shape index (κ1) is 16.4. The summed E-state index contributed by atoms with van der Waals surface area (Å²) in [4.78, 5) is 4.52. The number of aromatic hydroxyl groups is 1. The number of phenolic OH excluding ortho intramolecular Hbond substituents is 1. The maximum Gasteiger partial charge on any atom is 0.186 e. The molecule has 1 unspecified atom stereocenters. The summed E-state index contributed by atoms with van der Waals surface area (Å²) in [6.45, 7) is 6.43. The van der Waals surface area contributed by atoms with Crippen LogP contribution in [0.4, 0.5) is 5.69 Å². The molecule has 0 fully saturated rings. The summed E-state index contributed by atoms with van der Waals surface area (Å²) in [5.41, 5.74) is 2.45. The van der Waals surface area contributed by atoms with Crippen molar-refractivity contribution in [2.75, 3.05) is 0 Å². The van der Waals surface area contributed by atoms with E-state index in [1.165, 1.54) is 30.0 Å². The van der Waals surface area contributed by atoms with Gasteiger partial charge in [0.2, 0.25) is 0 Å². The first-order chi connectivity index (χ1) is 10.3. The second kappa shape index (κ2) is 6.42. The molecule has 116 valence electrons. The van der Waals surface area contributed by atoms with Crippen molar-refractivity contribution in [2.24, 2.45) is 4.99 Å². The molecule has 0 heterocycles. The molecule has 0 amide bonds. The van der Waals surface area contributed by atoms with Crippen molar-refractivity contribution in [2.45, 2.75) is 31.1 Å². The monoisotopic (exact) mass is 317 g/mol. The Kier molecular flexibility index (Phi) is 4.78. The molecule has 0 saturated heterocycles. The van der Waals surface area contributed by atoms with Crippen molar-refractivity contribution in [1.29, 1.82) is 0 Å². The number of phenols is 1. The molecular formula is C17H19NO3S. The zero-order valence-corrected chi connectivity index (χ0v) is 13.6. The smallest absolute Gasteiger partial charge is 0.186 e. The van der Waals surface area contributed by atoms with E-state index in [1.54, 1.807) is 0 Å². The second-order valence-corrected chi connectivity index (χ2v) is 6.99. The van der Waals surface area contributed by atoms with E-state index in [0.29, 0.717) is 5.56 Å². The molecule has 22 heavy (non-hydrogen) atoms. The molecule has 5 heteroatoms. The van der Waals surface area contributed by atoms with Crippen LogP contribution in [0, 0.1) is 0 Å². The number of benzene rings is 2. The number of hydrogen-bond donors (Lipinski definition) is 2. The zero-order valence-electron chi connectivity index (χ0n) is 12.8. The van der Waals surface area contributed by atoms with E-state index in [9.17, 15) is 9.32 Å². The molecule has 0 saturated carbocycles. The van der Waals surface area contributed by atoms with Crippen LogP contribution in [-0.2, 0) is 16.5 Å². The van der Waals surface area contributed by atoms with Crippen LogP contribution in [0.3, 0.4) is 0 Å². The zero-order chi connectivity index (χ0) is 16.3. The molecule has 0 aromatic heterocycles. The molecule has 1 atom stereocenters. The second-order valence-electron chi connectivity index (χ2n) is 6.02. The van der Waals surface area contributed by atoms with Crippen LogP contribution in [0.15, 0.2) is 52.4 Å². The van der Waals surface area contributed by atoms with Gasteiger partial charge in [-0.05, 0) is 41.3 Å². The molecule has 0 aliphatic rings. The van der Waals surface area contributed by atoms with E-state index in [2.05, 4.69) is 25.8 Å². The lowest BCUT2D eigenvalue weighted by atomic mass is 9.87. The third-order valence-corrected chi connectivity index (χ3v) is 3.94. The first-order valence-corrected chi connectivity index (χ1v) is 7.96. The van der Waals surface area contributed by atoms with Gasteiger partial charge in [0.1, 0.15) is 5.75 Å². The summed E-state index contributed by atoms with van der Waals surface area (Å²) < 4.78 is 20.1. The summed E-state index contributed by atoms with van der Waals surface area (Å²) in [6, 6.07) is 12.1. The predicted molar refractivity (Wildman–Crippen MR) is 89.5 cm³/mol. The van der Waals surface area contributed by atoms with Crippen LogP contribution in [0.2, 0.25) is 0 Å². The Balaban J connectivity index is 2.25. The van der Waals surface area contributed by atoms with E-state index >= 15 is 0 Å². The van der Waals surface area contributed by atoms with E-state index in [4.69, 9.17) is 4.55 Å². The summed E-state index contributed by atoms with van der Waals surface area (Å²) >= 11 is -2.08. The predicted octanol–water partition coefficient (Wildman–Crippen LogP) is 4.02. The average molecular weight is 317 g/mol. The highest BCUT2D eigenvalue weighted by Gasteiger charge is 2.12. The lowest BCUT2D eigenvalue weighted by Gasteiger charge is -2.18. The maximum atomic E-state index is 11.1. The molecule has 0 aliphatic heterocycles. The van der Waals surface area contributed by atoms with Crippen molar-refractivity contribution >= 4 is 23.0 Å². The standard InChI is InChI=1S/C17H19NO3S/c1-17(2,3)13-4-6-14(7-5-13)18-11-12-10-15(22(20)21)8-9-16(12)19/h4-11,19H,1-3H3,(H,20,21). The average Bonchev–Trinajstić information content (AvgIpc) is 2.45. The van der Waals surface area contributed by atoms with Crippen molar-refractivity contribution in [1.82, 2.24) is 0 Å². The Morgan fingerprint density at radius 3 is 2.27 bits per heavy atom. The van der Waals surface area contributed by atoms with Gasteiger partial charge in [0.25, 0.3) is 0 Å². The van der Waals surface area contributed by atoms with Gasteiger partial charge >= 0.3 is 0 Å². The van der Waals surface area contributed by atoms with Crippen LogP contribution in [-0.4, -0.2) is 20.1 Å². The van der Waals surface area contributed by atoms with Gasteiger partial charge in [-0.25, -0.2) is 4.21 Å². The Labute approximate surface area is 132 Å². The van der Waals surface area contributed by atoms with Gasteiger partial charge in [-0.15, -0.1) is 0 Å². The largest absolute Gasteiger partial charge is 0.507 e. The van der Waals surface area contributed by atoms with Crippen molar-refractivity contribution in [3.05, 3.63) is 53.6 Å². The van der Waals surface area contributed by atoms with Crippen LogP contribution < -0.4 is 0 Å². The fourth-order valence-corrected chi connectivity index (χ4v) is 2.35. The van der Waals surface area contributed by atoms with Gasteiger partial charge in [-0.3, -0.25) is 4.99 Å². The first-order valence-electron chi connectivity index (χ1n) is 6.86. The van der Waals surface area contributed by atoms with Crippen LogP contribution in [0.5, 0.6) is 5.75 Å².